The van der Waals surface area contributed by atoms with Crippen LogP contribution in [-0.2, 0) is 4.57 Å². The lowest BCUT2D eigenvalue weighted by Gasteiger charge is -2.39. The van der Waals surface area contributed by atoms with Crippen molar-refractivity contribution in [2.45, 2.75) is 75.5 Å². The summed E-state index contributed by atoms with van der Waals surface area (Å²) in [6.07, 6.45) is 12.2. The van der Waals surface area contributed by atoms with Crippen molar-refractivity contribution < 1.29 is 4.57 Å². The predicted molar refractivity (Wildman–Crippen MR) is 171 cm³/mol. The maximum absolute atomic E-state index is 15.3. The van der Waals surface area contributed by atoms with Crippen molar-refractivity contribution in [3.8, 4) is 0 Å². The van der Waals surface area contributed by atoms with Crippen LogP contribution < -0.4 is 26.1 Å². The van der Waals surface area contributed by atoms with E-state index >= 15 is 4.57 Å². The first kappa shape index (κ1) is 26.5. The van der Waals surface area contributed by atoms with E-state index in [0.717, 1.165) is 31.0 Å². The molecule has 0 atom stereocenters. The highest BCUT2D eigenvalue weighted by molar-refractivity contribution is 7.73. The summed E-state index contributed by atoms with van der Waals surface area (Å²) >= 11 is 0. The second kappa shape index (κ2) is 11.8. The summed E-state index contributed by atoms with van der Waals surface area (Å²) in [5.41, 5.74) is 0.749. The van der Waals surface area contributed by atoms with E-state index in [9.17, 15) is 0 Å². The largest absolute Gasteiger partial charge is 0.318 e. The molecule has 39 heavy (non-hydrogen) atoms. The van der Waals surface area contributed by atoms with Gasteiger partial charge in [-0.05, 0) is 46.4 Å². The van der Waals surface area contributed by atoms with Gasteiger partial charge in [0.25, 0.3) is 0 Å². The van der Waals surface area contributed by atoms with Crippen LogP contribution >= 0.6 is 7.14 Å². The summed E-state index contributed by atoms with van der Waals surface area (Å²) in [4.78, 5) is 0. The van der Waals surface area contributed by atoms with Gasteiger partial charge in [0.05, 0.1) is 0 Å². The topological polar surface area (TPSA) is 17.1 Å². The lowest BCUT2D eigenvalue weighted by molar-refractivity contribution is 0.453. The Morgan fingerprint density at radius 3 is 1.13 bits per heavy atom. The van der Waals surface area contributed by atoms with Crippen LogP contribution in [0.3, 0.4) is 0 Å². The minimum atomic E-state index is -2.55. The molecule has 4 aromatic carbocycles. The van der Waals surface area contributed by atoms with E-state index < -0.39 is 15.2 Å². The van der Waals surface area contributed by atoms with Gasteiger partial charge in [-0.15, -0.1) is 0 Å². The van der Waals surface area contributed by atoms with Crippen molar-refractivity contribution >= 4 is 41.3 Å². The van der Waals surface area contributed by atoms with Crippen LogP contribution in [0.15, 0.2) is 115 Å². The predicted octanol–water partition coefficient (Wildman–Crippen LogP) is 6.72. The van der Waals surface area contributed by atoms with E-state index in [1.54, 1.807) is 0 Å². The van der Waals surface area contributed by atoms with Crippen LogP contribution in [0.1, 0.15) is 64.2 Å². The summed E-state index contributed by atoms with van der Waals surface area (Å²) in [5, 5.41) is 6.68. The van der Waals surface area contributed by atoms with E-state index in [-0.39, 0.29) is 0 Å². The first-order valence-electron chi connectivity index (χ1n) is 15.1. The van der Waals surface area contributed by atoms with Gasteiger partial charge >= 0.3 is 0 Å². The smallest absolute Gasteiger partial charge is 0.179 e. The highest BCUT2D eigenvalue weighted by Gasteiger charge is 2.44. The second-order valence-corrected chi connectivity index (χ2v) is 18.9. The Morgan fingerprint density at radius 2 is 0.769 bits per heavy atom. The van der Waals surface area contributed by atoms with Crippen molar-refractivity contribution in [3.63, 3.8) is 0 Å². The van der Waals surface area contributed by atoms with Crippen molar-refractivity contribution in [3.05, 3.63) is 115 Å². The zero-order chi connectivity index (χ0) is 26.5. The Balaban J connectivity index is 1.52. The molecule has 2 saturated carbocycles. The molecule has 4 aromatic rings. The third-order valence-electron chi connectivity index (χ3n) is 9.56. The Hall–Kier alpha value is -2.67. The molecule has 0 aliphatic heterocycles. The molecule has 0 saturated heterocycles. The van der Waals surface area contributed by atoms with Gasteiger partial charge < -0.3 is 4.57 Å². The lowest BCUT2D eigenvalue weighted by Crippen LogP contribution is -2.74. The summed E-state index contributed by atoms with van der Waals surface area (Å²) in [7, 11) is -5.05. The number of rotatable bonds is 7. The second-order valence-electron chi connectivity index (χ2n) is 11.7. The van der Waals surface area contributed by atoms with Crippen LogP contribution in [-0.4, -0.2) is 19.4 Å². The fourth-order valence-electron chi connectivity index (χ4n) is 7.66. The Bertz CT molecular complexity index is 1250. The minimum Gasteiger partial charge on any atom is -0.318 e. The zero-order valence-electron chi connectivity index (χ0n) is 23.1. The molecule has 0 radical (unpaired) electrons. The van der Waals surface area contributed by atoms with E-state index in [4.69, 9.17) is 0 Å². The summed E-state index contributed by atoms with van der Waals surface area (Å²) in [6, 6.07) is 42.6. The normalized spacial score (nSPS) is 17.6. The van der Waals surface area contributed by atoms with E-state index in [1.165, 1.54) is 59.3 Å². The van der Waals surface area contributed by atoms with Crippen LogP contribution in [0, 0.1) is 0 Å². The molecule has 0 N–H and O–H groups in total. The molecule has 6 rings (SSSR count). The average Bonchev–Trinajstić information content (AvgIpc) is 3.04. The molecule has 2 aliphatic carbocycles. The third-order valence-corrected chi connectivity index (χ3v) is 18.7. The van der Waals surface area contributed by atoms with Crippen molar-refractivity contribution in [1.82, 2.24) is 0 Å². The molecular formula is C36H41OPSi. The molecular weight excluding hydrogens is 507 g/mol. The zero-order valence-corrected chi connectivity index (χ0v) is 24.9. The SMILES string of the molecule is O=P(c1ccc([Si](c2ccccc2)(c2ccccc2)c2ccccc2)cc1)(C1CCCCC1)C1CCCCC1. The fraction of sp³-hybridized carbons (Fsp3) is 0.333. The van der Waals surface area contributed by atoms with Gasteiger partial charge in [-0.2, -0.15) is 0 Å². The van der Waals surface area contributed by atoms with Crippen molar-refractivity contribution in [2.75, 3.05) is 0 Å². The highest BCUT2D eigenvalue weighted by Crippen LogP contribution is 2.61. The molecule has 3 heteroatoms. The summed E-state index contributed by atoms with van der Waals surface area (Å²) in [5.74, 6) is 0. The maximum Gasteiger partial charge on any atom is 0.179 e. The first-order valence-corrected chi connectivity index (χ1v) is 19.0. The van der Waals surface area contributed by atoms with E-state index in [2.05, 4.69) is 115 Å². The molecule has 2 aliphatic rings. The van der Waals surface area contributed by atoms with Crippen LogP contribution in [0.5, 0.6) is 0 Å². The van der Waals surface area contributed by atoms with Gasteiger partial charge in [-0.25, -0.2) is 0 Å². The summed E-state index contributed by atoms with van der Waals surface area (Å²) in [6.45, 7) is 0. The van der Waals surface area contributed by atoms with Crippen molar-refractivity contribution in [2.24, 2.45) is 0 Å². The van der Waals surface area contributed by atoms with E-state index in [0.29, 0.717) is 11.3 Å². The monoisotopic (exact) mass is 548 g/mol. The lowest BCUT2D eigenvalue weighted by atomic mass is 9.99. The van der Waals surface area contributed by atoms with Gasteiger partial charge in [0, 0.05) is 16.6 Å². The molecule has 0 bridgehead atoms. The maximum atomic E-state index is 15.3. The van der Waals surface area contributed by atoms with Crippen LogP contribution in [0.25, 0.3) is 0 Å². The number of benzene rings is 4. The van der Waals surface area contributed by atoms with Crippen molar-refractivity contribution in [1.29, 1.82) is 0 Å². The molecule has 0 unspecified atom stereocenters. The van der Waals surface area contributed by atoms with Crippen LogP contribution in [0.2, 0.25) is 0 Å². The van der Waals surface area contributed by atoms with Gasteiger partial charge in [-0.1, -0.05) is 154 Å². The van der Waals surface area contributed by atoms with Crippen LogP contribution in [0.4, 0.5) is 0 Å². The first-order chi connectivity index (χ1) is 19.2. The quantitative estimate of drug-likeness (QED) is 0.142. The van der Waals surface area contributed by atoms with Gasteiger partial charge in [0.2, 0.25) is 0 Å². The minimum absolute atomic E-state index is 0.375. The van der Waals surface area contributed by atoms with E-state index in [1.807, 2.05) is 0 Å². The Labute approximate surface area is 236 Å². The molecule has 0 amide bonds. The molecule has 2 fully saturated rings. The summed E-state index contributed by atoms with van der Waals surface area (Å²) < 4.78 is 15.3. The molecule has 200 valence electrons. The van der Waals surface area contributed by atoms with Gasteiger partial charge in [0.1, 0.15) is 7.14 Å². The molecule has 1 nitrogen and oxygen atoms in total. The average molecular weight is 549 g/mol. The third kappa shape index (κ3) is 4.92. The Morgan fingerprint density at radius 1 is 0.436 bits per heavy atom. The molecule has 0 heterocycles. The van der Waals surface area contributed by atoms with Gasteiger partial charge in [0.15, 0.2) is 8.07 Å². The highest BCUT2D eigenvalue weighted by atomic mass is 31.2. The standard InChI is InChI=1S/C36H41OPSi/c37-38(30-16-6-1-7-17-30,31-18-8-2-9-19-31)32-26-28-36(29-27-32)39(33-20-10-3-11-21-33,34-22-12-4-13-23-34)35-24-14-5-15-25-35/h3-5,10-15,20-31H,1-2,6-9,16-19H2. The fourth-order valence-corrected chi connectivity index (χ4v) is 16.7. The number of hydrogen-bond acceptors (Lipinski definition) is 1. The van der Waals surface area contributed by atoms with Gasteiger partial charge in [-0.3, -0.25) is 0 Å². The number of hydrogen-bond donors (Lipinski definition) is 0. The Kier molecular flexibility index (Phi) is 8.05. The molecule has 0 aromatic heterocycles. The molecule has 0 spiro atoms.